The van der Waals surface area contributed by atoms with Gasteiger partial charge in [-0.05, 0) is 115 Å². The van der Waals surface area contributed by atoms with Gasteiger partial charge >= 0.3 is 0 Å². The summed E-state index contributed by atoms with van der Waals surface area (Å²) in [6, 6.07) is 54.7. The van der Waals surface area contributed by atoms with Crippen LogP contribution in [0.1, 0.15) is 41.7 Å². The zero-order chi connectivity index (χ0) is 36.4. The average molecular weight is 693 g/mol. The molecule has 0 atom stereocenters. The van der Waals surface area contributed by atoms with E-state index in [1.165, 1.54) is 77.7 Å². The number of anilines is 6. The van der Waals surface area contributed by atoms with Crippen molar-refractivity contribution in [2.24, 2.45) is 0 Å². The lowest BCUT2D eigenvalue weighted by molar-refractivity contribution is 0.661. The molecular weight excluding hydrogens is 645 g/mol. The molecule has 0 fully saturated rings. The van der Waals surface area contributed by atoms with Crippen molar-refractivity contribution in [3.63, 3.8) is 0 Å². The van der Waals surface area contributed by atoms with Crippen molar-refractivity contribution in [1.82, 2.24) is 0 Å². The summed E-state index contributed by atoms with van der Waals surface area (Å²) in [7, 11) is -1.43. The van der Waals surface area contributed by atoms with Crippen molar-refractivity contribution < 1.29 is 0 Å². The van der Waals surface area contributed by atoms with E-state index in [2.05, 4.69) is 210 Å². The Kier molecular flexibility index (Phi) is 8.23. The molecule has 0 saturated heterocycles. The van der Waals surface area contributed by atoms with Gasteiger partial charge in [-0.1, -0.05) is 134 Å². The third kappa shape index (κ3) is 5.83. The Morgan fingerprint density at radius 3 is 1.38 bits per heavy atom. The predicted molar refractivity (Wildman–Crippen MR) is 228 cm³/mol. The molecule has 0 amide bonds. The Hall–Kier alpha value is -5.38. The molecule has 52 heavy (non-hydrogen) atoms. The molecule has 0 saturated carbocycles. The number of aryl methyl sites for hydroxylation is 3. The Labute approximate surface area is 311 Å². The maximum absolute atomic E-state index is 2.48. The lowest BCUT2D eigenvalue weighted by Gasteiger charge is -2.30. The SMILES string of the molecule is Cc1ccc(N(c2ccc([Si](C)(C)C)cc2)c2ccc3c(c2)C(C)(C)c2cc(N(c4ccc(C)cc4)c4ccc(C)cc4)c4ccccc4c2-3)cc1. The molecule has 0 bridgehead atoms. The Bertz CT molecular complexity index is 2370. The zero-order valence-corrected chi connectivity index (χ0v) is 32.8. The highest BCUT2D eigenvalue weighted by Crippen LogP contribution is 2.55. The first-order valence-electron chi connectivity index (χ1n) is 18.5. The third-order valence-corrected chi connectivity index (χ3v) is 13.1. The molecule has 7 aromatic rings. The van der Waals surface area contributed by atoms with Crippen molar-refractivity contribution >= 4 is 58.2 Å². The monoisotopic (exact) mass is 692 g/mol. The van der Waals surface area contributed by atoms with Gasteiger partial charge in [0, 0.05) is 39.2 Å². The summed E-state index contributed by atoms with van der Waals surface area (Å²) in [6.45, 7) is 18.5. The second kappa shape index (κ2) is 12.7. The fourth-order valence-corrected chi connectivity index (χ4v) is 9.11. The second-order valence-electron chi connectivity index (χ2n) is 16.2. The van der Waals surface area contributed by atoms with Crippen LogP contribution in [0.2, 0.25) is 19.6 Å². The van der Waals surface area contributed by atoms with E-state index >= 15 is 0 Å². The van der Waals surface area contributed by atoms with Crippen LogP contribution in [0.3, 0.4) is 0 Å². The summed E-state index contributed by atoms with van der Waals surface area (Å²) in [6.07, 6.45) is 0. The topological polar surface area (TPSA) is 6.48 Å². The number of rotatable bonds is 7. The molecule has 3 heteroatoms. The van der Waals surface area contributed by atoms with Crippen LogP contribution in [0.4, 0.5) is 34.1 Å². The van der Waals surface area contributed by atoms with E-state index < -0.39 is 8.07 Å². The van der Waals surface area contributed by atoms with Gasteiger partial charge in [0.1, 0.15) is 0 Å². The summed E-state index contributed by atoms with van der Waals surface area (Å²) in [5, 5.41) is 4.01. The summed E-state index contributed by atoms with van der Waals surface area (Å²) >= 11 is 0. The molecular formula is C49H48N2Si. The van der Waals surface area contributed by atoms with Crippen LogP contribution in [0.25, 0.3) is 21.9 Å². The minimum Gasteiger partial charge on any atom is -0.310 e. The van der Waals surface area contributed by atoms with Gasteiger partial charge in [-0.25, -0.2) is 0 Å². The first kappa shape index (κ1) is 33.7. The molecule has 7 aromatic carbocycles. The van der Waals surface area contributed by atoms with Crippen LogP contribution in [0, 0.1) is 20.8 Å². The van der Waals surface area contributed by atoms with E-state index in [0.29, 0.717) is 0 Å². The summed E-state index contributed by atoms with van der Waals surface area (Å²) in [4.78, 5) is 4.86. The van der Waals surface area contributed by atoms with Gasteiger partial charge < -0.3 is 9.80 Å². The number of hydrogen-bond acceptors (Lipinski definition) is 2. The van der Waals surface area contributed by atoms with Gasteiger partial charge in [0.05, 0.1) is 13.8 Å². The Morgan fingerprint density at radius 1 is 0.442 bits per heavy atom. The van der Waals surface area contributed by atoms with E-state index in [1.807, 2.05) is 0 Å². The van der Waals surface area contributed by atoms with Crippen molar-refractivity contribution in [1.29, 1.82) is 0 Å². The molecule has 0 aromatic heterocycles. The fraction of sp³-hybridized carbons (Fsp3) is 0.184. The molecule has 0 spiro atoms. The van der Waals surface area contributed by atoms with E-state index in [1.54, 1.807) is 0 Å². The van der Waals surface area contributed by atoms with Crippen LogP contribution < -0.4 is 15.0 Å². The van der Waals surface area contributed by atoms with Gasteiger partial charge in [-0.3, -0.25) is 0 Å². The first-order valence-corrected chi connectivity index (χ1v) is 22.0. The highest BCUT2D eigenvalue weighted by atomic mass is 28.3. The maximum atomic E-state index is 2.48. The van der Waals surface area contributed by atoms with E-state index in [4.69, 9.17) is 0 Å². The number of benzene rings is 7. The molecule has 0 N–H and O–H groups in total. The summed E-state index contributed by atoms with van der Waals surface area (Å²) in [5.41, 5.74) is 16.0. The average Bonchev–Trinajstić information content (AvgIpc) is 3.36. The van der Waals surface area contributed by atoms with E-state index in [-0.39, 0.29) is 5.41 Å². The highest BCUT2D eigenvalue weighted by molar-refractivity contribution is 6.88. The number of fused-ring (bicyclic) bond motifs is 5. The van der Waals surface area contributed by atoms with Crippen molar-refractivity contribution in [3.8, 4) is 11.1 Å². The molecule has 8 rings (SSSR count). The Balaban J connectivity index is 1.32. The molecule has 2 nitrogen and oxygen atoms in total. The first-order chi connectivity index (χ1) is 24.9. The van der Waals surface area contributed by atoms with Crippen molar-refractivity contribution in [3.05, 3.63) is 173 Å². The van der Waals surface area contributed by atoms with Gasteiger partial charge in [-0.2, -0.15) is 0 Å². The van der Waals surface area contributed by atoms with Crippen molar-refractivity contribution in [2.45, 2.75) is 59.7 Å². The molecule has 0 unspecified atom stereocenters. The van der Waals surface area contributed by atoms with Gasteiger partial charge in [0.2, 0.25) is 0 Å². The zero-order valence-electron chi connectivity index (χ0n) is 31.8. The third-order valence-electron chi connectivity index (χ3n) is 11.0. The van der Waals surface area contributed by atoms with E-state index in [0.717, 1.165) is 11.4 Å². The lowest BCUT2D eigenvalue weighted by atomic mass is 9.81. The Morgan fingerprint density at radius 2 is 0.885 bits per heavy atom. The smallest absolute Gasteiger partial charge is 0.0775 e. The second-order valence-corrected chi connectivity index (χ2v) is 21.3. The largest absolute Gasteiger partial charge is 0.310 e. The van der Waals surface area contributed by atoms with Gasteiger partial charge in [-0.15, -0.1) is 0 Å². The molecule has 0 radical (unpaired) electrons. The summed E-state index contributed by atoms with van der Waals surface area (Å²) < 4.78 is 0. The fourth-order valence-electron chi connectivity index (χ4n) is 7.94. The predicted octanol–water partition coefficient (Wildman–Crippen LogP) is 13.6. The van der Waals surface area contributed by atoms with Crippen LogP contribution in [-0.4, -0.2) is 8.07 Å². The van der Waals surface area contributed by atoms with E-state index in [9.17, 15) is 0 Å². The van der Waals surface area contributed by atoms with Gasteiger partial charge in [0.25, 0.3) is 0 Å². The summed E-state index contributed by atoms with van der Waals surface area (Å²) in [5.74, 6) is 0. The number of hydrogen-bond donors (Lipinski definition) is 0. The van der Waals surface area contributed by atoms with Crippen molar-refractivity contribution in [2.75, 3.05) is 9.80 Å². The minimum atomic E-state index is -1.43. The van der Waals surface area contributed by atoms with Crippen LogP contribution in [-0.2, 0) is 5.41 Å². The molecule has 1 aliphatic carbocycles. The lowest BCUT2D eigenvalue weighted by Crippen LogP contribution is -2.37. The number of nitrogens with zero attached hydrogens (tertiary/aromatic N) is 2. The van der Waals surface area contributed by atoms with Crippen LogP contribution in [0.15, 0.2) is 146 Å². The van der Waals surface area contributed by atoms with Crippen LogP contribution >= 0.6 is 0 Å². The molecule has 0 aliphatic heterocycles. The quantitative estimate of drug-likeness (QED) is 0.153. The highest BCUT2D eigenvalue weighted by Gasteiger charge is 2.38. The standard InChI is InChI=1S/C49H48N2Si/c1-33-13-19-36(20-14-33)50(37-25-28-41(29-26-37)52(6,7)8)40-27-30-44-45(31-40)49(4,5)46-32-47(42-11-9-10-12-43(42)48(44)46)51(38-21-15-34(2)16-22-38)39-23-17-35(3)18-24-39/h9-32H,1-8H3. The van der Waals surface area contributed by atoms with Crippen LogP contribution in [0.5, 0.6) is 0 Å². The molecule has 0 heterocycles. The molecule has 1 aliphatic rings. The maximum Gasteiger partial charge on any atom is 0.0775 e. The minimum absolute atomic E-state index is 0.230. The molecule has 258 valence electrons. The normalized spacial score (nSPS) is 13.2. The van der Waals surface area contributed by atoms with Gasteiger partial charge in [0.15, 0.2) is 0 Å².